The predicted molar refractivity (Wildman–Crippen MR) is 197 cm³/mol. The molecule has 0 fully saturated rings. The summed E-state index contributed by atoms with van der Waals surface area (Å²) in [6.45, 7) is 9.18. The Kier molecular flexibility index (Phi) is 50.7. The van der Waals surface area contributed by atoms with Crippen molar-refractivity contribution < 1.29 is 5.11 Å². The molecular formula is C39H84ClNO. The summed E-state index contributed by atoms with van der Waals surface area (Å²) in [6.07, 6.45) is 46.8. The van der Waals surface area contributed by atoms with Gasteiger partial charge in [0.2, 0.25) is 0 Å². The van der Waals surface area contributed by atoms with Crippen molar-refractivity contribution in [2.45, 2.75) is 226 Å². The molecule has 0 aliphatic heterocycles. The molecule has 1 N–H and O–H groups in total. The van der Waals surface area contributed by atoms with E-state index in [0.717, 1.165) is 0 Å². The summed E-state index contributed by atoms with van der Waals surface area (Å²) >= 11 is 0. The third-order valence-corrected chi connectivity index (χ3v) is 8.79. The SMILES string of the molecule is CCCCCCCCCCCCCCCCCCN(C)CCCCCCCCCCCCCCCCCC.CCO.Cl. The topological polar surface area (TPSA) is 23.5 Å². The van der Waals surface area contributed by atoms with Crippen molar-refractivity contribution >= 4 is 12.4 Å². The van der Waals surface area contributed by atoms with Gasteiger partial charge in [0.1, 0.15) is 0 Å². The minimum absolute atomic E-state index is 0. The van der Waals surface area contributed by atoms with Crippen LogP contribution in [0, 0.1) is 0 Å². The number of rotatable bonds is 34. The molecule has 0 aromatic carbocycles. The first-order valence-corrected chi connectivity index (χ1v) is 19.5. The Hall–Kier alpha value is 0.210. The first-order chi connectivity index (χ1) is 20.2. The van der Waals surface area contributed by atoms with Gasteiger partial charge in [-0.1, -0.05) is 206 Å². The van der Waals surface area contributed by atoms with E-state index >= 15 is 0 Å². The summed E-state index contributed by atoms with van der Waals surface area (Å²) in [5.41, 5.74) is 0. The zero-order chi connectivity index (χ0) is 30.3. The standard InChI is InChI=1S/C37H77N.C2H6O.ClH/c1-4-6-8-10-12-14-16-18-20-22-24-26-28-30-32-34-36-38(3)37-35-33-31-29-27-25-23-21-19-17-15-13-11-9-7-5-2;1-2-3;/h4-37H2,1-3H3;3H,2H2,1H3;1H. The smallest absolute Gasteiger partial charge is 0.0402 e. The van der Waals surface area contributed by atoms with Crippen LogP contribution < -0.4 is 0 Å². The van der Waals surface area contributed by atoms with Crippen LogP contribution >= 0.6 is 12.4 Å². The Morgan fingerprint density at radius 1 is 0.310 bits per heavy atom. The Balaban J connectivity index is -0.00000363. The summed E-state index contributed by atoms with van der Waals surface area (Å²) in [6, 6.07) is 0. The lowest BCUT2D eigenvalue weighted by Crippen LogP contribution is -2.20. The third-order valence-electron chi connectivity index (χ3n) is 8.79. The molecule has 0 aromatic heterocycles. The van der Waals surface area contributed by atoms with Gasteiger partial charge in [-0.15, -0.1) is 12.4 Å². The lowest BCUT2D eigenvalue weighted by atomic mass is 10.0. The maximum absolute atomic E-state index is 7.57. The van der Waals surface area contributed by atoms with Crippen molar-refractivity contribution in [1.29, 1.82) is 0 Å². The van der Waals surface area contributed by atoms with Crippen LogP contribution in [0.4, 0.5) is 0 Å². The van der Waals surface area contributed by atoms with Gasteiger partial charge in [-0.05, 0) is 39.9 Å². The largest absolute Gasteiger partial charge is 0.397 e. The van der Waals surface area contributed by atoms with E-state index in [1.165, 1.54) is 219 Å². The van der Waals surface area contributed by atoms with E-state index in [1.54, 1.807) is 6.92 Å². The van der Waals surface area contributed by atoms with Crippen molar-refractivity contribution in [3.8, 4) is 0 Å². The molecule has 0 bridgehead atoms. The molecule has 0 spiro atoms. The quantitative estimate of drug-likeness (QED) is 0.0726. The lowest BCUT2D eigenvalue weighted by molar-refractivity contribution is 0.314. The molecular weight excluding hydrogens is 534 g/mol. The zero-order valence-electron chi connectivity index (χ0n) is 30.1. The molecule has 0 rings (SSSR count). The van der Waals surface area contributed by atoms with Crippen molar-refractivity contribution in [1.82, 2.24) is 4.90 Å². The van der Waals surface area contributed by atoms with Gasteiger partial charge in [0.25, 0.3) is 0 Å². The summed E-state index contributed by atoms with van der Waals surface area (Å²) in [4.78, 5) is 2.59. The minimum Gasteiger partial charge on any atom is -0.397 e. The van der Waals surface area contributed by atoms with E-state index in [1.807, 2.05) is 0 Å². The molecule has 0 aromatic rings. The first kappa shape index (κ1) is 46.6. The zero-order valence-corrected chi connectivity index (χ0v) is 30.9. The Morgan fingerprint density at radius 3 is 0.619 bits per heavy atom. The maximum atomic E-state index is 7.57. The van der Waals surface area contributed by atoms with Crippen molar-refractivity contribution in [2.75, 3.05) is 26.7 Å². The van der Waals surface area contributed by atoms with Crippen LogP contribution in [0.5, 0.6) is 0 Å². The van der Waals surface area contributed by atoms with Crippen LogP contribution in [-0.2, 0) is 0 Å². The van der Waals surface area contributed by atoms with Crippen LogP contribution in [0.1, 0.15) is 226 Å². The molecule has 0 saturated carbocycles. The number of unbranched alkanes of at least 4 members (excludes halogenated alkanes) is 30. The van der Waals surface area contributed by atoms with Crippen LogP contribution in [-0.4, -0.2) is 36.8 Å². The fourth-order valence-electron chi connectivity index (χ4n) is 5.97. The number of hydrogen-bond donors (Lipinski definition) is 1. The average molecular weight is 619 g/mol. The van der Waals surface area contributed by atoms with Crippen LogP contribution in [0.25, 0.3) is 0 Å². The monoisotopic (exact) mass is 618 g/mol. The van der Waals surface area contributed by atoms with E-state index in [4.69, 9.17) is 5.11 Å². The molecule has 0 atom stereocenters. The number of aliphatic hydroxyl groups is 1. The Labute approximate surface area is 274 Å². The highest BCUT2D eigenvalue weighted by Crippen LogP contribution is 2.15. The normalized spacial score (nSPS) is 11.0. The maximum Gasteiger partial charge on any atom is 0.0402 e. The van der Waals surface area contributed by atoms with Gasteiger partial charge in [0, 0.05) is 6.61 Å². The molecule has 3 heteroatoms. The number of halogens is 1. The van der Waals surface area contributed by atoms with Crippen molar-refractivity contribution in [3.05, 3.63) is 0 Å². The summed E-state index contributed by atoms with van der Waals surface area (Å²) in [5.74, 6) is 0. The molecule has 2 nitrogen and oxygen atoms in total. The van der Waals surface area contributed by atoms with Crippen LogP contribution in [0.3, 0.4) is 0 Å². The highest BCUT2D eigenvalue weighted by Gasteiger charge is 2.00. The van der Waals surface area contributed by atoms with E-state index in [9.17, 15) is 0 Å². The highest BCUT2D eigenvalue weighted by molar-refractivity contribution is 5.85. The Bertz CT molecular complexity index is 383. The first-order valence-electron chi connectivity index (χ1n) is 19.5. The van der Waals surface area contributed by atoms with E-state index in [-0.39, 0.29) is 19.0 Å². The second kappa shape index (κ2) is 45.6. The molecule has 0 aliphatic rings. The number of aliphatic hydroxyl groups excluding tert-OH is 1. The summed E-state index contributed by atoms with van der Waals surface area (Å²) in [7, 11) is 2.34. The predicted octanol–water partition coefficient (Wildman–Crippen LogP) is 13.9. The minimum atomic E-state index is 0. The number of hydrogen-bond acceptors (Lipinski definition) is 2. The van der Waals surface area contributed by atoms with E-state index in [2.05, 4.69) is 25.8 Å². The van der Waals surface area contributed by atoms with Crippen LogP contribution in [0.2, 0.25) is 0 Å². The van der Waals surface area contributed by atoms with Gasteiger partial charge >= 0.3 is 0 Å². The molecule has 0 amide bonds. The Morgan fingerprint density at radius 2 is 0.452 bits per heavy atom. The highest BCUT2D eigenvalue weighted by atomic mass is 35.5. The molecule has 0 unspecified atom stereocenters. The second-order valence-corrected chi connectivity index (χ2v) is 13.2. The summed E-state index contributed by atoms with van der Waals surface area (Å²) in [5, 5.41) is 7.57. The third kappa shape index (κ3) is 47.1. The molecule has 0 radical (unpaired) electrons. The van der Waals surface area contributed by atoms with Crippen LogP contribution in [0.15, 0.2) is 0 Å². The molecule has 0 saturated heterocycles. The van der Waals surface area contributed by atoms with Crippen molar-refractivity contribution in [3.63, 3.8) is 0 Å². The van der Waals surface area contributed by atoms with E-state index in [0.29, 0.717) is 0 Å². The molecule has 258 valence electrons. The van der Waals surface area contributed by atoms with Gasteiger partial charge in [-0.3, -0.25) is 0 Å². The fourth-order valence-corrected chi connectivity index (χ4v) is 5.97. The van der Waals surface area contributed by atoms with Gasteiger partial charge in [-0.25, -0.2) is 0 Å². The average Bonchev–Trinajstić information content (AvgIpc) is 2.97. The molecule has 0 heterocycles. The van der Waals surface area contributed by atoms with Crippen molar-refractivity contribution in [2.24, 2.45) is 0 Å². The lowest BCUT2D eigenvalue weighted by Gasteiger charge is -2.16. The fraction of sp³-hybridized carbons (Fsp3) is 1.00. The molecule has 42 heavy (non-hydrogen) atoms. The number of nitrogens with zero attached hydrogens (tertiary/aromatic N) is 1. The van der Waals surface area contributed by atoms with Gasteiger partial charge in [0.15, 0.2) is 0 Å². The molecule has 0 aliphatic carbocycles. The van der Waals surface area contributed by atoms with Gasteiger partial charge in [-0.2, -0.15) is 0 Å². The van der Waals surface area contributed by atoms with Gasteiger partial charge in [0.05, 0.1) is 0 Å². The second-order valence-electron chi connectivity index (χ2n) is 13.2. The summed E-state index contributed by atoms with van der Waals surface area (Å²) < 4.78 is 0. The van der Waals surface area contributed by atoms with E-state index < -0.39 is 0 Å². The van der Waals surface area contributed by atoms with Gasteiger partial charge < -0.3 is 10.0 Å².